The topological polar surface area (TPSA) is 50.3 Å². The number of nitrogens with zero attached hydrogens (tertiary/aromatic N) is 2. The highest BCUT2D eigenvalue weighted by Gasteiger charge is 2.34. The molecule has 0 saturated carbocycles. The maximum absolute atomic E-state index is 12.4. The van der Waals surface area contributed by atoms with Crippen LogP contribution in [0.15, 0.2) is 6.07 Å². The zero-order valence-corrected chi connectivity index (χ0v) is 15.0. The normalized spacial score (nSPS) is 19.8. The van der Waals surface area contributed by atoms with E-state index in [1.54, 1.807) is 18.7 Å². The van der Waals surface area contributed by atoms with E-state index in [9.17, 15) is 8.42 Å². The van der Waals surface area contributed by atoms with E-state index in [0.29, 0.717) is 18.2 Å². The van der Waals surface area contributed by atoms with Crippen molar-refractivity contribution in [2.45, 2.75) is 32.0 Å². The van der Waals surface area contributed by atoms with Gasteiger partial charge in [0.2, 0.25) is 0 Å². The summed E-state index contributed by atoms with van der Waals surface area (Å²) in [6, 6.07) is 1.99. The second-order valence-electron chi connectivity index (χ2n) is 5.19. The molecule has 4 nitrogen and oxygen atoms in total. The SMILES string of the molecule is CCS(=O)(=O)C1CSCCN1c1nc(C)cc(C)c1CCl. The fourth-order valence-corrected chi connectivity index (χ4v) is 5.86. The Kier molecular flexibility index (Phi) is 5.43. The van der Waals surface area contributed by atoms with Crippen molar-refractivity contribution in [3.05, 3.63) is 22.9 Å². The molecule has 1 aromatic rings. The number of sulfone groups is 1. The van der Waals surface area contributed by atoms with Crippen LogP contribution < -0.4 is 4.90 Å². The van der Waals surface area contributed by atoms with Gasteiger partial charge in [0, 0.05) is 35.1 Å². The van der Waals surface area contributed by atoms with Crippen LogP contribution in [0.2, 0.25) is 0 Å². The van der Waals surface area contributed by atoms with Gasteiger partial charge in [0.1, 0.15) is 11.2 Å². The average Bonchev–Trinajstić information content (AvgIpc) is 2.46. The van der Waals surface area contributed by atoms with Crippen molar-refractivity contribution in [2.75, 3.05) is 28.7 Å². The number of aromatic nitrogens is 1. The van der Waals surface area contributed by atoms with E-state index in [1.807, 2.05) is 24.8 Å². The number of aryl methyl sites for hydroxylation is 2. The lowest BCUT2D eigenvalue weighted by atomic mass is 10.1. The van der Waals surface area contributed by atoms with E-state index in [4.69, 9.17) is 11.6 Å². The van der Waals surface area contributed by atoms with Gasteiger partial charge in [0.05, 0.1) is 5.88 Å². The van der Waals surface area contributed by atoms with Crippen molar-refractivity contribution in [3.63, 3.8) is 0 Å². The number of halogens is 1. The van der Waals surface area contributed by atoms with Crippen LogP contribution >= 0.6 is 23.4 Å². The van der Waals surface area contributed by atoms with Gasteiger partial charge in [-0.15, -0.1) is 11.6 Å². The lowest BCUT2D eigenvalue weighted by molar-refractivity contribution is 0.578. The minimum Gasteiger partial charge on any atom is -0.338 e. The monoisotopic (exact) mass is 348 g/mol. The van der Waals surface area contributed by atoms with Crippen LogP contribution in [0.25, 0.3) is 0 Å². The molecular weight excluding hydrogens is 328 g/mol. The van der Waals surface area contributed by atoms with Gasteiger partial charge in [-0.25, -0.2) is 13.4 Å². The summed E-state index contributed by atoms with van der Waals surface area (Å²) >= 11 is 7.77. The summed E-state index contributed by atoms with van der Waals surface area (Å²) < 4.78 is 24.8. The maximum Gasteiger partial charge on any atom is 0.171 e. The summed E-state index contributed by atoms with van der Waals surface area (Å²) in [6.45, 7) is 6.31. The van der Waals surface area contributed by atoms with Crippen molar-refractivity contribution >= 4 is 39.0 Å². The predicted molar refractivity (Wildman–Crippen MR) is 91.2 cm³/mol. The Morgan fingerprint density at radius 3 is 2.81 bits per heavy atom. The lowest BCUT2D eigenvalue weighted by Gasteiger charge is -2.37. The minimum absolute atomic E-state index is 0.149. The van der Waals surface area contributed by atoms with Crippen molar-refractivity contribution in [2.24, 2.45) is 0 Å². The molecule has 1 atom stereocenters. The molecule has 0 aliphatic carbocycles. The van der Waals surface area contributed by atoms with Crippen LogP contribution in [0.5, 0.6) is 0 Å². The predicted octanol–water partition coefficient (Wildman–Crippen LogP) is 2.75. The highest BCUT2D eigenvalue weighted by molar-refractivity contribution is 8.01. The first kappa shape index (κ1) is 16.9. The Bertz CT molecular complexity index is 620. The largest absolute Gasteiger partial charge is 0.338 e. The Morgan fingerprint density at radius 2 is 2.19 bits per heavy atom. The van der Waals surface area contributed by atoms with E-state index in [1.165, 1.54) is 0 Å². The average molecular weight is 349 g/mol. The third-order valence-corrected chi connectivity index (χ3v) is 7.32. The van der Waals surface area contributed by atoms with Crippen LogP contribution in [0.3, 0.4) is 0 Å². The molecule has 1 aliphatic rings. The molecule has 0 spiro atoms. The number of anilines is 1. The van der Waals surface area contributed by atoms with Crippen molar-refractivity contribution in [1.29, 1.82) is 0 Å². The molecule has 1 fully saturated rings. The Morgan fingerprint density at radius 1 is 1.48 bits per heavy atom. The van der Waals surface area contributed by atoms with Gasteiger partial charge in [-0.3, -0.25) is 0 Å². The van der Waals surface area contributed by atoms with Gasteiger partial charge in [-0.1, -0.05) is 6.92 Å². The van der Waals surface area contributed by atoms with Crippen molar-refractivity contribution in [3.8, 4) is 0 Å². The molecule has 1 aromatic heterocycles. The van der Waals surface area contributed by atoms with Crippen LogP contribution in [0.1, 0.15) is 23.7 Å². The third kappa shape index (κ3) is 3.48. The Labute approximate surface area is 136 Å². The smallest absolute Gasteiger partial charge is 0.171 e. The van der Waals surface area contributed by atoms with Gasteiger partial charge in [0.15, 0.2) is 9.84 Å². The molecule has 118 valence electrons. The molecule has 1 aliphatic heterocycles. The van der Waals surface area contributed by atoms with E-state index in [0.717, 1.165) is 28.4 Å². The molecule has 0 N–H and O–H groups in total. The van der Waals surface area contributed by atoms with E-state index in [-0.39, 0.29) is 5.75 Å². The number of hydrogen-bond donors (Lipinski definition) is 0. The molecule has 0 radical (unpaired) electrons. The highest BCUT2D eigenvalue weighted by Crippen LogP contribution is 2.31. The molecule has 1 unspecified atom stereocenters. The molecule has 1 saturated heterocycles. The fraction of sp³-hybridized carbons (Fsp3) is 0.643. The number of thioether (sulfide) groups is 1. The molecule has 0 amide bonds. The second kappa shape index (κ2) is 6.75. The lowest BCUT2D eigenvalue weighted by Crippen LogP contribution is -2.48. The first-order valence-corrected chi connectivity index (χ1v) is 10.4. The summed E-state index contributed by atoms with van der Waals surface area (Å²) in [7, 11) is -3.15. The molecule has 21 heavy (non-hydrogen) atoms. The molecular formula is C14H21ClN2O2S2. The van der Waals surface area contributed by atoms with Crippen LogP contribution in [-0.2, 0) is 15.7 Å². The molecule has 7 heteroatoms. The molecule has 0 aromatic carbocycles. The summed E-state index contributed by atoms with van der Waals surface area (Å²) in [4.78, 5) is 6.53. The quantitative estimate of drug-likeness (QED) is 0.783. The van der Waals surface area contributed by atoms with Gasteiger partial charge in [-0.05, 0) is 25.5 Å². The zero-order chi connectivity index (χ0) is 15.6. The number of pyridine rings is 1. The molecule has 2 heterocycles. The van der Waals surface area contributed by atoms with Gasteiger partial charge in [-0.2, -0.15) is 11.8 Å². The number of alkyl halides is 1. The van der Waals surface area contributed by atoms with Crippen molar-refractivity contribution in [1.82, 2.24) is 4.98 Å². The minimum atomic E-state index is -3.15. The first-order chi connectivity index (χ1) is 9.90. The maximum atomic E-state index is 12.4. The van der Waals surface area contributed by atoms with E-state index in [2.05, 4.69) is 4.98 Å². The van der Waals surface area contributed by atoms with E-state index >= 15 is 0 Å². The number of rotatable bonds is 4. The summed E-state index contributed by atoms with van der Waals surface area (Å²) in [5.41, 5.74) is 2.89. The van der Waals surface area contributed by atoms with Gasteiger partial charge in [0.25, 0.3) is 0 Å². The molecule has 0 bridgehead atoms. The fourth-order valence-electron chi connectivity index (χ4n) is 2.56. The Balaban J connectivity index is 2.52. The van der Waals surface area contributed by atoms with E-state index < -0.39 is 15.2 Å². The zero-order valence-electron chi connectivity index (χ0n) is 12.6. The highest BCUT2D eigenvalue weighted by atomic mass is 35.5. The number of hydrogen-bond acceptors (Lipinski definition) is 5. The summed E-state index contributed by atoms with van der Waals surface area (Å²) in [5, 5.41) is -0.503. The van der Waals surface area contributed by atoms with Crippen LogP contribution in [0.4, 0.5) is 5.82 Å². The summed E-state index contributed by atoms with van der Waals surface area (Å²) in [6.07, 6.45) is 0. The Hall–Kier alpha value is -0.460. The standard InChI is InChI=1S/C14H21ClN2O2S2/c1-4-21(18,19)13-9-20-6-5-17(13)14-12(8-15)10(2)7-11(3)16-14/h7,13H,4-6,8-9H2,1-3H3. The second-order valence-corrected chi connectivity index (χ2v) is 9.06. The van der Waals surface area contributed by atoms with Gasteiger partial charge >= 0.3 is 0 Å². The van der Waals surface area contributed by atoms with Crippen LogP contribution in [0, 0.1) is 13.8 Å². The van der Waals surface area contributed by atoms with Gasteiger partial charge < -0.3 is 4.90 Å². The first-order valence-electron chi connectivity index (χ1n) is 6.99. The van der Waals surface area contributed by atoms with Crippen molar-refractivity contribution < 1.29 is 8.42 Å². The summed E-state index contributed by atoms with van der Waals surface area (Å²) in [5.74, 6) is 2.73. The van der Waals surface area contributed by atoms with Crippen LogP contribution in [-0.4, -0.2) is 42.6 Å². The molecule has 2 rings (SSSR count). The third-order valence-electron chi connectivity index (χ3n) is 3.76.